The Bertz CT molecular complexity index is 306. The lowest BCUT2D eigenvalue weighted by Crippen LogP contribution is -2.36. The third kappa shape index (κ3) is 5.18. The second-order valence-electron chi connectivity index (χ2n) is 3.61. The molecule has 1 unspecified atom stereocenters. The molecule has 1 aromatic heterocycles. The fourth-order valence-corrected chi connectivity index (χ4v) is 2.28. The standard InChI is InChI=1S/C10H14F3NS/c1-7(14-6-10(11,12)13)5-9-4-3-8(2)15-9/h3-4,7,14H,5-6H2,1-2H3. The van der Waals surface area contributed by atoms with Gasteiger partial charge in [-0.1, -0.05) is 0 Å². The molecule has 0 aliphatic heterocycles. The van der Waals surface area contributed by atoms with Crippen molar-refractivity contribution in [2.45, 2.75) is 32.5 Å². The molecular formula is C10H14F3NS. The van der Waals surface area contributed by atoms with Gasteiger partial charge in [0.25, 0.3) is 0 Å². The van der Waals surface area contributed by atoms with Gasteiger partial charge in [0.2, 0.25) is 0 Å². The summed E-state index contributed by atoms with van der Waals surface area (Å²) in [6.45, 7) is 2.83. The van der Waals surface area contributed by atoms with E-state index in [1.807, 2.05) is 19.1 Å². The number of hydrogen-bond acceptors (Lipinski definition) is 2. The van der Waals surface area contributed by atoms with Crippen LogP contribution in [0, 0.1) is 6.92 Å². The van der Waals surface area contributed by atoms with Crippen LogP contribution in [0.4, 0.5) is 13.2 Å². The van der Waals surface area contributed by atoms with Gasteiger partial charge in [0, 0.05) is 15.8 Å². The summed E-state index contributed by atoms with van der Waals surface area (Å²) < 4.78 is 35.7. The van der Waals surface area contributed by atoms with Crippen molar-refractivity contribution >= 4 is 11.3 Å². The van der Waals surface area contributed by atoms with E-state index in [0.717, 1.165) is 4.88 Å². The van der Waals surface area contributed by atoms with Crippen LogP contribution in [0.3, 0.4) is 0 Å². The number of aryl methyl sites for hydroxylation is 1. The van der Waals surface area contributed by atoms with E-state index in [1.165, 1.54) is 4.88 Å². The first-order valence-electron chi connectivity index (χ1n) is 4.72. The molecule has 1 nitrogen and oxygen atoms in total. The Kier molecular flexibility index (Phi) is 4.16. The summed E-state index contributed by atoms with van der Waals surface area (Å²) in [6, 6.07) is 3.80. The van der Waals surface area contributed by atoms with Crippen molar-refractivity contribution in [1.29, 1.82) is 0 Å². The predicted molar refractivity (Wildman–Crippen MR) is 56.3 cm³/mol. The Balaban J connectivity index is 2.33. The Morgan fingerprint density at radius 2 is 2.07 bits per heavy atom. The zero-order valence-electron chi connectivity index (χ0n) is 8.69. The molecule has 0 fully saturated rings. The molecule has 0 amide bonds. The summed E-state index contributed by atoms with van der Waals surface area (Å²) in [5, 5.41) is 2.46. The maximum Gasteiger partial charge on any atom is 0.401 e. The average molecular weight is 237 g/mol. The molecule has 0 spiro atoms. The summed E-state index contributed by atoms with van der Waals surface area (Å²) in [4.78, 5) is 2.31. The Labute approximate surface area is 91.3 Å². The van der Waals surface area contributed by atoms with Crippen molar-refractivity contribution in [2.75, 3.05) is 6.54 Å². The van der Waals surface area contributed by atoms with E-state index in [0.29, 0.717) is 6.42 Å². The lowest BCUT2D eigenvalue weighted by molar-refractivity contribution is -0.126. The highest BCUT2D eigenvalue weighted by atomic mass is 32.1. The molecule has 0 saturated heterocycles. The van der Waals surface area contributed by atoms with Gasteiger partial charge in [0.1, 0.15) is 0 Å². The molecule has 1 heterocycles. The van der Waals surface area contributed by atoms with Crippen LogP contribution >= 0.6 is 11.3 Å². The molecule has 0 bridgehead atoms. The Hall–Kier alpha value is -0.550. The van der Waals surface area contributed by atoms with E-state index in [1.54, 1.807) is 18.3 Å². The van der Waals surface area contributed by atoms with E-state index in [2.05, 4.69) is 5.32 Å². The highest BCUT2D eigenvalue weighted by Crippen LogP contribution is 2.17. The van der Waals surface area contributed by atoms with Gasteiger partial charge in [-0.3, -0.25) is 0 Å². The summed E-state index contributed by atoms with van der Waals surface area (Å²) in [5.41, 5.74) is 0. The van der Waals surface area contributed by atoms with Gasteiger partial charge in [-0.2, -0.15) is 13.2 Å². The van der Waals surface area contributed by atoms with Gasteiger partial charge >= 0.3 is 6.18 Å². The molecular weight excluding hydrogens is 223 g/mol. The minimum Gasteiger partial charge on any atom is -0.306 e. The van der Waals surface area contributed by atoms with Gasteiger partial charge in [-0.25, -0.2) is 0 Å². The molecule has 1 rings (SSSR count). The minimum atomic E-state index is -4.13. The molecule has 0 aliphatic carbocycles. The van der Waals surface area contributed by atoms with E-state index in [9.17, 15) is 13.2 Å². The molecule has 5 heteroatoms. The fraction of sp³-hybridized carbons (Fsp3) is 0.600. The first-order chi connectivity index (χ1) is 6.87. The topological polar surface area (TPSA) is 12.0 Å². The zero-order chi connectivity index (χ0) is 11.5. The van der Waals surface area contributed by atoms with E-state index < -0.39 is 12.7 Å². The lowest BCUT2D eigenvalue weighted by Gasteiger charge is -2.14. The van der Waals surface area contributed by atoms with E-state index >= 15 is 0 Å². The van der Waals surface area contributed by atoms with Crippen molar-refractivity contribution < 1.29 is 13.2 Å². The Morgan fingerprint density at radius 1 is 1.40 bits per heavy atom. The maximum absolute atomic E-state index is 11.9. The van der Waals surface area contributed by atoms with Crippen LogP contribution in [0.25, 0.3) is 0 Å². The van der Waals surface area contributed by atoms with Crippen molar-refractivity contribution in [3.05, 3.63) is 21.9 Å². The highest BCUT2D eigenvalue weighted by Gasteiger charge is 2.27. The first-order valence-corrected chi connectivity index (χ1v) is 5.54. The quantitative estimate of drug-likeness (QED) is 0.848. The molecule has 0 radical (unpaired) electrons. The smallest absolute Gasteiger partial charge is 0.306 e. The average Bonchev–Trinajstić information content (AvgIpc) is 2.47. The molecule has 0 saturated carbocycles. The number of thiophene rings is 1. The van der Waals surface area contributed by atoms with Crippen LogP contribution in [0.1, 0.15) is 16.7 Å². The van der Waals surface area contributed by atoms with E-state index in [4.69, 9.17) is 0 Å². The number of nitrogens with one attached hydrogen (secondary N) is 1. The molecule has 1 atom stereocenters. The van der Waals surface area contributed by atoms with Gasteiger partial charge in [0.05, 0.1) is 6.54 Å². The van der Waals surface area contributed by atoms with Gasteiger partial charge in [0.15, 0.2) is 0 Å². The summed E-state index contributed by atoms with van der Waals surface area (Å²) in [5.74, 6) is 0. The van der Waals surface area contributed by atoms with Gasteiger partial charge in [-0.05, 0) is 32.4 Å². The van der Waals surface area contributed by atoms with Crippen LogP contribution < -0.4 is 5.32 Å². The van der Waals surface area contributed by atoms with Crippen LogP contribution in [0.2, 0.25) is 0 Å². The number of alkyl halides is 3. The third-order valence-corrected chi connectivity index (χ3v) is 2.98. The zero-order valence-corrected chi connectivity index (χ0v) is 9.50. The third-order valence-electron chi connectivity index (χ3n) is 1.95. The van der Waals surface area contributed by atoms with Crippen molar-refractivity contribution in [3.8, 4) is 0 Å². The molecule has 0 aliphatic rings. The van der Waals surface area contributed by atoms with Crippen LogP contribution in [-0.2, 0) is 6.42 Å². The van der Waals surface area contributed by atoms with Crippen LogP contribution in [0.15, 0.2) is 12.1 Å². The summed E-state index contributed by atoms with van der Waals surface area (Å²) in [6.07, 6.45) is -3.48. The molecule has 15 heavy (non-hydrogen) atoms. The Morgan fingerprint density at radius 3 is 2.53 bits per heavy atom. The lowest BCUT2D eigenvalue weighted by atomic mass is 10.2. The largest absolute Gasteiger partial charge is 0.401 e. The van der Waals surface area contributed by atoms with Crippen molar-refractivity contribution in [2.24, 2.45) is 0 Å². The monoisotopic (exact) mass is 237 g/mol. The second kappa shape index (κ2) is 4.99. The second-order valence-corrected chi connectivity index (χ2v) is 4.99. The SMILES string of the molecule is Cc1ccc(CC(C)NCC(F)(F)F)s1. The number of rotatable bonds is 4. The van der Waals surface area contributed by atoms with Crippen molar-refractivity contribution in [1.82, 2.24) is 5.32 Å². The van der Waals surface area contributed by atoms with Crippen LogP contribution in [0.5, 0.6) is 0 Å². The minimum absolute atomic E-state index is 0.148. The number of hydrogen-bond donors (Lipinski definition) is 1. The normalized spacial score (nSPS) is 14.2. The molecule has 1 N–H and O–H groups in total. The molecule has 86 valence electrons. The highest BCUT2D eigenvalue weighted by molar-refractivity contribution is 7.11. The van der Waals surface area contributed by atoms with Gasteiger partial charge < -0.3 is 5.32 Å². The number of halogens is 3. The molecule has 1 aromatic rings. The first kappa shape index (κ1) is 12.5. The molecule has 0 aromatic carbocycles. The van der Waals surface area contributed by atoms with Crippen molar-refractivity contribution in [3.63, 3.8) is 0 Å². The van der Waals surface area contributed by atoms with E-state index in [-0.39, 0.29) is 6.04 Å². The predicted octanol–water partition coefficient (Wildman–Crippen LogP) is 3.14. The van der Waals surface area contributed by atoms with Crippen LogP contribution in [-0.4, -0.2) is 18.8 Å². The summed E-state index contributed by atoms with van der Waals surface area (Å²) >= 11 is 1.63. The van der Waals surface area contributed by atoms with Gasteiger partial charge in [-0.15, -0.1) is 11.3 Å². The summed E-state index contributed by atoms with van der Waals surface area (Å²) in [7, 11) is 0. The maximum atomic E-state index is 11.9. The fourth-order valence-electron chi connectivity index (χ4n) is 1.26.